The van der Waals surface area contributed by atoms with Gasteiger partial charge in [0.25, 0.3) is 0 Å². The second-order valence-electron chi connectivity index (χ2n) is 8.63. The van der Waals surface area contributed by atoms with E-state index in [0.29, 0.717) is 45.5 Å². The molecule has 0 N–H and O–H groups in total. The number of rotatable bonds is 9. The van der Waals surface area contributed by atoms with Gasteiger partial charge in [-0.05, 0) is 74.2 Å². The van der Waals surface area contributed by atoms with Crippen molar-refractivity contribution in [3.63, 3.8) is 0 Å². The summed E-state index contributed by atoms with van der Waals surface area (Å²) < 4.78 is 22.0. The molecule has 0 bridgehead atoms. The molecule has 36 heavy (non-hydrogen) atoms. The molecule has 2 aliphatic rings. The highest BCUT2D eigenvalue weighted by molar-refractivity contribution is 6.22. The molecule has 2 aromatic rings. The van der Waals surface area contributed by atoms with Crippen molar-refractivity contribution in [1.82, 2.24) is 0 Å². The van der Waals surface area contributed by atoms with Crippen LogP contribution in [0.1, 0.15) is 25.0 Å². The summed E-state index contributed by atoms with van der Waals surface area (Å²) in [5.74, 6) is 0.755. The third-order valence-corrected chi connectivity index (χ3v) is 7.08. The molecule has 10 nitrogen and oxygen atoms in total. The van der Waals surface area contributed by atoms with E-state index in [2.05, 4.69) is 10.3 Å². The maximum absolute atomic E-state index is 13.7. The lowest BCUT2D eigenvalue weighted by Gasteiger charge is -2.40. The quantitative estimate of drug-likeness (QED) is 0.486. The molecule has 0 fully saturated rings. The van der Waals surface area contributed by atoms with Crippen molar-refractivity contribution in [2.75, 3.05) is 28.4 Å². The Balaban J connectivity index is 1.97. The first-order valence-electron chi connectivity index (χ1n) is 11.2. The summed E-state index contributed by atoms with van der Waals surface area (Å²) in [6.07, 6.45) is 0.0194. The van der Waals surface area contributed by atoms with Gasteiger partial charge >= 0.3 is 11.9 Å². The average molecular weight is 497 g/mol. The normalized spacial score (nSPS) is 22.9. The van der Waals surface area contributed by atoms with Crippen LogP contribution in [0.5, 0.6) is 23.0 Å². The summed E-state index contributed by atoms with van der Waals surface area (Å²) in [4.78, 5) is 37.8. The van der Waals surface area contributed by atoms with Gasteiger partial charge in [0.2, 0.25) is 0 Å². The van der Waals surface area contributed by atoms with Crippen LogP contribution in [-0.2, 0) is 32.1 Å². The largest absolute Gasteiger partial charge is 0.497 e. The van der Waals surface area contributed by atoms with Crippen molar-refractivity contribution in [2.24, 2.45) is 21.1 Å². The van der Waals surface area contributed by atoms with E-state index in [4.69, 9.17) is 28.6 Å². The first-order chi connectivity index (χ1) is 17.3. The molecule has 2 aliphatic heterocycles. The summed E-state index contributed by atoms with van der Waals surface area (Å²) >= 11 is 0. The van der Waals surface area contributed by atoms with Gasteiger partial charge in [-0.25, -0.2) is 9.59 Å². The average Bonchev–Trinajstić information content (AvgIpc) is 3.34. The molecule has 0 spiro atoms. The van der Waals surface area contributed by atoms with Gasteiger partial charge in [-0.2, -0.15) is 0 Å². The minimum Gasteiger partial charge on any atom is -0.497 e. The predicted molar refractivity (Wildman–Crippen MR) is 130 cm³/mol. The molecule has 0 aromatic heterocycles. The standard InChI is InChI=1S/C26H28N2O8/c1-15-25(23(29)35-27-15,13-17-11-19(31-3)7-9-21(17)33-5)26(16(2)28-36-24(26)30)14-18-12-20(32-4)8-10-22(18)34-6/h7-12H,13-14H2,1-6H3. The summed E-state index contributed by atoms with van der Waals surface area (Å²) in [6.45, 7) is 3.31. The number of carbonyl (C=O) groups excluding carboxylic acids is 2. The number of methoxy groups -OCH3 is 4. The van der Waals surface area contributed by atoms with Crippen molar-refractivity contribution in [2.45, 2.75) is 26.7 Å². The third kappa shape index (κ3) is 3.64. The van der Waals surface area contributed by atoms with Crippen molar-refractivity contribution < 1.29 is 38.2 Å². The lowest BCUT2D eigenvalue weighted by atomic mass is 9.54. The van der Waals surface area contributed by atoms with Gasteiger partial charge in [-0.1, -0.05) is 10.3 Å². The van der Waals surface area contributed by atoms with Crippen LogP contribution in [0, 0.1) is 10.8 Å². The molecule has 4 rings (SSSR count). The van der Waals surface area contributed by atoms with Crippen LogP contribution in [-0.4, -0.2) is 51.8 Å². The maximum atomic E-state index is 13.7. The Kier molecular flexibility index (Phi) is 6.62. The zero-order chi connectivity index (χ0) is 26.1. The predicted octanol–water partition coefficient (Wildman–Crippen LogP) is 3.34. The molecule has 0 saturated carbocycles. The Hall–Kier alpha value is -4.08. The first kappa shape index (κ1) is 25.0. The lowest BCUT2D eigenvalue weighted by Crippen LogP contribution is -2.59. The molecule has 0 amide bonds. The van der Waals surface area contributed by atoms with Crippen molar-refractivity contribution in [3.8, 4) is 23.0 Å². The highest BCUT2D eigenvalue weighted by atomic mass is 16.7. The van der Waals surface area contributed by atoms with Crippen LogP contribution in [0.15, 0.2) is 46.7 Å². The summed E-state index contributed by atoms with van der Waals surface area (Å²) in [5, 5.41) is 8.04. The number of hydrogen-bond acceptors (Lipinski definition) is 10. The Morgan fingerprint density at radius 2 is 1.06 bits per heavy atom. The fourth-order valence-electron chi connectivity index (χ4n) is 5.11. The molecule has 190 valence electrons. The molecule has 0 aliphatic carbocycles. The monoisotopic (exact) mass is 496 g/mol. The first-order valence-corrected chi connectivity index (χ1v) is 11.2. The minimum absolute atomic E-state index is 0.00971. The zero-order valence-electron chi connectivity index (χ0n) is 21.0. The van der Waals surface area contributed by atoms with E-state index in [1.165, 1.54) is 14.2 Å². The maximum Gasteiger partial charge on any atom is 0.348 e. The van der Waals surface area contributed by atoms with Crippen LogP contribution in [0.25, 0.3) is 0 Å². The number of hydrogen-bond donors (Lipinski definition) is 0. The fraction of sp³-hybridized carbons (Fsp3) is 0.385. The molecular formula is C26H28N2O8. The number of carbonyl (C=O) groups is 2. The van der Waals surface area contributed by atoms with E-state index in [1.807, 2.05) is 0 Å². The molecule has 2 atom stereocenters. The lowest BCUT2D eigenvalue weighted by molar-refractivity contribution is -0.163. The molecule has 2 unspecified atom stereocenters. The van der Waals surface area contributed by atoms with Gasteiger partial charge in [0, 0.05) is 0 Å². The van der Waals surface area contributed by atoms with Crippen LogP contribution in [0.4, 0.5) is 0 Å². The molecule has 0 radical (unpaired) electrons. The highest BCUT2D eigenvalue weighted by Gasteiger charge is 2.70. The van der Waals surface area contributed by atoms with E-state index >= 15 is 0 Å². The highest BCUT2D eigenvalue weighted by Crippen LogP contribution is 2.54. The number of oxime groups is 2. The topological polar surface area (TPSA) is 114 Å². The van der Waals surface area contributed by atoms with Gasteiger partial charge in [0.15, 0.2) is 0 Å². The van der Waals surface area contributed by atoms with Crippen molar-refractivity contribution in [1.29, 1.82) is 0 Å². The van der Waals surface area contributed by atoms with E-state index < -0.39 is 22.8 Å². The van der Waals surface area contributed by atoms with Crippen LogP contribution >= 0.6 is 0 Å². The minimum atomic E-state index is -1.60. The molecule has 0 saturated heterocycles. The van der Waals surface area contributed by atoms with Crippen molar-refractivity contribution >= 4 is 23.4 Å². The van der Waals surface area contributed by atoms with Crippen LogP contribution < -0.4 is 18.9 Å². The van der Waals surface area contributed by atoms with Gasteiger partial charge < -0.3 is 28.6 Å². The summed E-state index contributed by atoms with van der Waals surface area (Å²) in [5.41, 5.74) is -1.33. The van der Waals surface area contributed by atoms with E-state index in [0.717, 1.165) is 0 Å². The SMILES string of the molecule is COc1ccc(OC)c(CC2(C3(Cc4cc(OC)ccc4OC)C(=O)ON=C3C)C(=O)ON=C2C)c1. The number of benzene rings is 2. The molecule has 2 heterocycles. The smallest absolute Gasteiger partial charge is 0.348 e. The van der Waals surface area contributed by atoms with E-state index in [-0.39, 0.29) is 12.8 Å². The summed E-state index contributed by atoms with van der Waals surface area (Å²) in [6, 6.07) is 10.5. The Labute approximate surface area is 208 Å². The number of ether oxygens (including phenoxy) is 4. The fourth-order valence-corrected chi connectivity index (χ4v) is 5.11. The van der Waals surface area contributed by atoms with Crippen molar-refractivity contribution in [3.05, 3.63) is 47.5 Å². The van der Waals surface area contributed by atoms with Gasteiger partial charge in [-0.15, -0.1) is 0 Å². The van der Waals surface area contributed by atoms with Crippen LogP contribution in [0.3, 0.4) is 0 Å². The second kappa shape index (κ2) is 9.52. The van der Waals surface area contributed by atoms with Gasteiger partial charge in [0.1, 0.15) is 33.8 Å². The summed E-state index contributed by atoms with van der Waals surface area (Å²) in [7, 11) is 6.14. The van der Waals surface area contributed by atoms with E-state index in [1.54, 1.807) is 64.5 Å². The Morgan fingerprint density at radius 3 is 1.33 bits per heavy atom. The van der Waals surface area contributed by atoms with Crippen LogP contribution in [0.2, 0.25) is 0 Å². The Bertz CT molecular complexity index is 1170. The second-order valence-corrected chi connectivity index (χ2v) is 8.63. The zero-order valence-corrected chi connectivity index (χ0v) is 21.0. The molecule has 10 heteroatoms. The Morgan fingerprint density at radius 1 is 0.667 bits per heavy atom. The molecular weight excluding hydrogens is 468 g/mol. The van der Waals surface area contributed by atoms with E-state index in [9.17, 15) is 9.59 Å². The molecule has 2 aromatic carbocycles. The van der Waals surface area contributed by atoms with Gasteiger partial charge in [0.05, 0.1) is 39.9 Å². The third-order valence-electron chi connectivity index (χ3n) is 7.08. The number of nitrogens with zero attached hydrogens (tertiary/aromatic N) is 2. The van der Waals surface area contributed by atoms with Gasteiger partial charge in [-0.3, -0.25) is 0 Å².